The predicted octanol–water partition coefficient (Wildman–Crippen LogP) is 5.15. The molecule has 0 aromatic heterocycles. The zero-order valence-electron chi connectivity index (χ0n) is 17.2. The van der Waals surface area contributed by atoms with Crippen LogP contribution in [-0.2, 0) is 0 Å². The molecule has 0 heterocycles. The van der Waals surface area contributed by atoms with E-state index >= 15 is 0 Å². The van der Waals surface area contributed by atoms with E-state index in [0.29, 0.717) is 32.5 Å². The van der Waals surface area contributed by atoms with Crippen LogP contribution in [-0.4, -0.2) is 26.8 Å². The molecule has 164 valence electrons. The molecule has 2 amide bonds. The Morgan fingerprint density at radius 2 is 0.909 bits per heavy atom. The van der Waals surface area contributed by atoms with Crippen molar-refractivity contribution in [3.05, 3.63) is 118 Å². The summed E-state index contributed by atoms with van der Waals surface area (Å²) in [7, 11) is 0. The molecule has 0 bridgehead atoms. The van der Waals surface area contributed by atoms with E-state index in [1.165, 1.54) is 0 Å². The van der Waals surface area contributed by atoms with Gasteiger partial charge in [0.2, 0.25) is 0 Å². The quantitative estimate of drug-likeness (QED) is 0.333. The van der Waals surface area contributed by atoms with Crippen LogP contribution in [0, 0.1) is 0 Å². The summed E-state index contributed by atoms with van der Waals surface area (Å²) in [6, 6.07) is 28.8. The molecular weight excluding hydrogens is 522 g/mol. The van der Waals surface area contributed by atoms with E-state index in [4.69, 9.17) is 23.2 Å². The Kier molecular flexibility index (Phi) is 7.48. The van der Waals surface area contributed by atoms with Crippen LogP contribution >= 0.6 is 23.2 Å². The number of carbonyl (C=O) groups is 2. The monoisotopic (exact) mass is 540 g/mol. The molecule has 0 saturated heterocycles. The number of hydrogen-bond acceptors (Lipinski definition) is 2. The summed E-state index contributed by atoms with van der Waals surface area (Å²) < 4.78 is 1.76. The number of amides is 2. The summed E-state index contributed by atoms with van der Waals surface area (Å²) in [5.74, 6) is -0.421. The second-order valence-corrected chi connectivity index (χ2v) is 10.2. The van der Waals surface area contributed by atoms with Crippen LogP contribution < -0.4 is 19.6 Å². The van der Waals surface area contributed by atoms with Crippen LogP contribution in [0.3, 0.4) is 0 Å². The van der Waals surface area contributed by atoms with Gasteiger partial charge in [-0.25, -0.2) is 0 Å². The van der Waals surface area contributed by atoms with Crippen molar-refractivity contribution in [3.63, 3.8) is 0 Å². The van der Waals surface area contributed by atoms with Crippen LogP contribution in [0.1, 0.15) is 20.7 Å². The van der Waals surface area contributed by atoms with Crippen LogP contribution in [0.4, 0.5) is 11.4 Å². The number of carbonyl (C=O) groups excluding carboxylic acids is 2. The number of anilines is 2. The first-order valence-corrected chi connectivity index (χ1v) is 12.5. The van der Waals surface area contributed by atoms with E-state index in [1.807, 2.05) is 36.4 Å². The summed E-state index contributed by atoms with van der Waals surface area (Å²) in [5.41, 5.74) is 2.46. The Hall–Kier alpha value is -3.08. The van der Waals surface area contributed by atoms with Gasteiger partial charge >= 0.3 is 209 Å². The standard InChI is InChI=1S/C26H18Cl2N2O2Se/c27-17-9-13-19(14-10-17)29-25(31)21-5-1-3-7-23(21)33-24-8-4-2-6-22(24)26(32)30-20-15-11-18(28)12-16-20/h1-16H,(H,29,31)(H,30,32). The summed E-state index contributed by atoms with van der Waals surface area (Å²) in [6.45, 7) is 0. The Morgan fingerprint density at radius 3 is 1.30 bits per heavy atom. The summed E-state index contributed by atoms with van der Waals surface area (Å²) in [5, 5.41) is 7.02. The molecule has 4 aromatic carbocycles. The molecule has 7 heteroatoms. The van der Waals surface area contributed by atoms with Crippen LogP contribution in [0.5, 0.6) is 0 Å². The van der Waals surface area contributed by atoms with Crippen LogP contribution in [0.25, 0.3) is 0 Å². The van der Waals surface area contributed by atoms with Gasteiger partial charge < -0.3 is 0 Å². The topological polar surface area (TPSA) is 58.2 Å². The van der Waals surface area contributed by atoms with Crippen molar-refractivity contribution >= 4 is 70.3 Å². The number of halogens is 2. The molecule has 0 aliphatic rings. The van der Waals surface area contributed by atoms with Crippen molar-refractivity contribution in [2.45, 2.75) is 0 Å². The molecule has 0 fully saturated rings. The summed E-state index contributed by atoms with van der Waals surface area (Å²) >= 11 is 11.6. The van der Waals surface area contributed by atoms with E-state index in [2.05, 4.69) is 10.6 Å². The molecule has 0 unspecified atom stereocenters. The Balaban J connectivity index is 1.56. The van der Waals surface area contributed by atoms with Crippen molar-refractivity contribution in [1.29, 1.82) is 0 Å². The molecule has 0 atom stereocenters. The molecule has 0 saturated carbocycles. The minimum absolute atomic E-state index is 0.210. The van der Waals surface area contributed by atoms with E-state index in [9.17, 15) is 9.59 Å². The van der Waals surface area contributed by atoms with Crippen molar-refractivity contribution in [2.75, 3.05) is 10.6 Å². The van der Waals surface area contributed by atoms with E-state index < -0.39 is 0 Å². The fraction of sp³-hybridized carbons (Fsp3) is 0. The third-order valence-electron chi connectivity index (χ3n) is 4.69. The van der Waals surface area contributed by atoms with Gasteiger partial charge in [-0.3, -0.25) is 0 Å². The van der Waals surface area contributed by atoms with E-state index in [1.54, 1.807) is 60.7 Å². The van der Waals surface area contributed by atoms with Crippen molar-refractivity contribution in [3.8, 4) is 0 Å². The summed E-state index contributed by atoms with van der Waals surface area (Å²) in [6.07, 6.45) is 0. The Morgan fingerprint density at radius 1 is 0.545 bits per heavy atom. The van der Waals surface area contributed by atoms with Gasteiger partial charge in [-0.05, 0) is 0 Å². The number of benzene rings is 4. The molecule has 33 heavy (non-hydrogen) atoms. The van der Waals surface area contributed by atoms with Crippen LogP contribution in [0.15, 0.2) is 97.1 Å². The molecule has 0 radical (unpaired) electrons. The first kappa shape index (κ1) is 23.1. The first-order chi connectivity index (χ1) is 16.0. The van der Waals surface area contributed by atoms with Gasteiger partial charge in [-0.2, -0.15) is 0 Å². The van der Waals surface area contributed by atoms with Gasteiger partial charge in [0.1, 0.15) is 0 Å². The molecule has 0 aliphatic carbocycles. The fourth-order valence-corrected chi connectivity index (χ4v) is 5.57. The molecule has 4 nitrogen and oxygen atoms in total. The SMILES string of the molecule is O=C(Nc1ccc(Cl)cc1)c1ccccc1[Se]c1ccccc1C(=O)Nc1ccc(Cl)cc1. The van der Waals surface area contributed by atoms with E-state index in [0.717, 1.165) is 8.92 Å². The van der Waals surface area contributed by atoms with Gasteiger partial charge in [0.15, 0.2) is 0 Å². The second-order valence-electron chi connectivity index (χ2n) is 7.02. The zero-order valence-corrected chi connectivity index (χ0v) is 20.4. The molecule has 0 aliphatic heterocycles. The average molecular weight is 540 g/mol. The third-order valence-corrected chi connectivity index (χ3v) is 7.61. The molecule has 2 N–H and O–H groups in total. The number of rotatable bonds is 6. The maximum absolute atomic E-state index is 13.0. The van der Waals surface area contributed by atoms with Crippen LogP contribution in [0.2, 0.25) is 10.0 Å². The Labute approximate surface area is 208 Å². The molecule has 4 rings (SSSR count). The van der Waals surface area contributed by atoms with Crippen molar-refractivity contribution < 1.29 is 9.59 Å². The number of hydrogen-bond donors (Lipinski definition) is 2. The summed E-state index contributed by atoms with van der Waals surface area (Å²) in [4.78, 5) is 25.9. The first-order valence-electron chi connectivity index (χ1n) is 9.99. The van der Waals surface area contributed by atoms with Gasteiger partial charge in [0.05, 0.1) is 0 Å². The fourth-order valence-electron chi connectivity index (χ4n) is 3.07. The number of nitrogens with one attached hydrogen (secondary N) is 2. The third kappa shape index (κ3) is 6.04. The van der Waals surface area contributed by atoms with Gasteiger partial charge in [-0.15, -0.1) is 0 Å². The molecule has 0 spiro atoms. The minimum atomic E-state index is -0.276. The average Bonchev–Trinajstić information content (AvgIpc) is 2.82. The molecule has 4 aromatic rings. The predicted molar refractivity (Wildman–Crippen MR) is 137 cm³/mol. The molecular formula is C26H18Cl2N2O2Se. The van der Waals surface area contributed by atoms with Crippen molar-refractivity contribution in [2.24, 2.45) is 0 Å². The zero-order chi connectivity index (χ0) is 23.2. The normalized spacial score (nSPS) is 10.5. The van der Waals surface area contributed by atoms with Gasteiger partial charge in [-0.1, -0.05) is 0 Å². The Bertz CT molecular complexity index is 1190. The van der Waals surface area contributed by atoms with Crippen molar-refractivity contribution in [1.82, 2.24) is 0 Å². The van der Waals surface area contributed by atoms with E-state index in [-0.39, 0.29) is 26.8 Å². The van der Waals surface area contributed by atoms with Gasteiger partial charge in [0.25, 0.3) is 0 Å². The maximum atomic E-state index is 13.0. The van der Waals surface area contributed by atoms with Gasteiger partial charge in [0, 0.05) is 0 Å². The second kappa shape index (κ2) is 10.7.